The maximum atomic E-state index is 10.8. The van der Waals surface area contributed by atoms with Crippen molar-refractivity contribution < 1.29 is 14.1 Å². The molecule has 1 unspecified atom stereocenters. The molecule has 1 aromatic rings. The Labute approximate surface area is 95.2 Å². The van der Waals surface area contributed by atoms with Crippen molar-refractivity contribution in [2.45, 2.75) is 45.6 Å². The zero-order valence-electron chi connectivity index (χ0n) is 10.0. The molecule has 5 nitrogen and oxygen atoms in total. The fraction of sp³-hybridized carbons (Fsp3) is 0.727. The zero-order valence-corrected chi connectivity index (χ0v) is 10.0. The van der Waals surface area contributed by atoms with Gasteiger partial charge in [-0.2, -0.15) is 4.98 Å². The topological polar surface area (TPSA) is 65.2 Å². The Kier molecular flexibility index (Phi) is 5.11. The summed E-state index contributed by atoms with van der Waals surface area (Å²) in [7, 11) is 1.63. The van der Waals surface area contributed by atoms with Crippen molar-refractivity contribution in [1.29, 1.82) is 0 Å². The lowest BCUT2D eigenvalue weighted by Gasteiger charge is -2.08. The van der Waals surface area contributed by atoms with Crippen molar-refractivity contribution in [1.82, 2.24) is 10.1 Å². The van der Waals surface area contributed by atoms with Crippen LogP contribution in [-0.4, -0.2) is 23.0 Å². The van der Waals surface area contributed by atoms with Gasteiger partial charge in [-0.1, -0.05) is 18.5 Å². The highest BCUT2D eigenvalue weighted by Crippen LogP contribution is 2.19. The van der Waals surface area contributed by atoms with Gasteiger partial charge in [0.15, 0.2) is 0 Å². The van der Waals surface area contributed by atoms with Crippen molar-refractivity contribution in [2.24, 2.45) is 0 Å². The molecule has 0 aliphatic carbocycles. The van der Waals surface area contributed by atoms with E-state index in [-0.39, 0.29) is 11.9 Å². The van der Waals surface area contributed by atoms with Crippen molar-refractivity contribution in [3.63, 3.8) is 0 Å². The van der Waals surface area contributed by atoms with Gasteiger partial charge in [0, 0.05) is 20.0 Å². The number of ketones is 1. The Morgan fingerprint density at radius 1 is 1.56 bits per heavy atom. The Balaban J connectivity index is 2.58. The van der Waals surface area contributed by atoms with Crippen LogP contribution in [0.25, 0.3) is 0 Å². The van der Waals surface area contributed by atoms with Gasteiger partial charge in [-0.15, -0.1) is 0 Å². The summed E-state index contributed by atoms with van der Waals surface area (Å²) in [5.74, 6) is 1.20. The first-order valence-corrected chi connectivity index (χ1v) is 5.52. The SMILES string of the molecule is CCCC(OC)c1noc(CCC(C)=O)n1. The standard InChI is InChI=1S/C11H18N2O3/c1-4-5-9(15-3)11-12-10(16-13-11)7-6-8(2)14/h9H,4-7H2,1-3H3. The van der Waals surface area contributed by atoms with E-state index in [1.807, 2.05) is 0 Å². The average Bonchev–Trinajstić information content (AvgIpc) is 2.71. The van der Waals surface area contributed by atoms with Gasteiger partial charge in [-0.05, 0) is 13.3 Å². The van der Waals surface area contributed by atoms with Crippen LogP contribution < -0.4 is 0 Å². The number of ether oxygens (including phenoxy) is 1. The lowest BCUT2D eigenvalue weighted by Crippen LogP contribution is -2.03. The predicted octanol–water partition coefficient (Wildman–Crippen LogP) is 2.08. The number of aryl methyl sites for hydroxylation is 1. The monoisotopic (exact) mass is 226 g/mol. The highest BCUT2D eigenvalue weighted by molar-refractivity contribution is 5.75. The normalized spacial score (nSPS) is 12.7. The molecule has 0 bridgehead atoms. The molecule has 0 aromatic carbocycles. The van der Waals surface area contributed by atoms with Crippen LogP contribution >= 0.6 is 0 Å². The molecule has 1 atom stereocenters. The first-order valence-electron chi connectivity index (χ1n) is 5.52. The van der Waals surface area contributed by atoms with Gasteiger partial charge in [0.2, 0.25) is 11.7 Å². The molecule has 90 valence electrons. The van der Waals surface area contributed by atoms with Crippen LogP contribution in [0.5, 0.6) is 0 Å². The number of nitrogens with zero attached hydrogens (tertiary/aromatic N) is 2. The molecular formula is C11H18N2O3. The van der Waals surface area contributed by atoms with E-state index in [1.165, 1.54) is 0 Å². The van der Waals surface area contributed by atoms with Crippen molar-refractivity contribution >= 4 is 5.78 Å². The van der Waals surface area contributed by atoms with Crippen LogP contribution in [0, 0.1) is 0 Å². The molecule has 1 aromatic heterocycles. The molecule has 5 heteroatoms. The lowest BCUT2D eigenvalue weighted by atomic mass is 10.2. The fourth-order valence-electron chi connectivity index (χ4n) is 1.40. The van der Waals surface area contributed by atoms with Crippen molar-refractivity contribution in [3.8, 4) is 0 Å². The van der Waals surface area contributed by atoms with E-state index < -0.39 is 0 Å². The largest absolute Gasteiger partial charge is 0.373 e. The second-order valence-electron chi connectivity index (χ2n) is 3.76. The third-order valence-electron chi connectivity index (χ3n) is 2.30. The summed E-state index contributed by atoms with van der Waals surface area (Å²) in [6, 6.07) is 0. The van der Waals surface area contributed by atoms with Crippen LogP contribution in [-0.2, 0) is 16.0 Å². The number of hydrogen-bond acceptors (Lipinski definition) is 5. The Morgan fingerprint density at radius 3 is 2.88 bits per heavy atom. The van der Waals surface area contributed by atoms with Crippen molar-refractivity contribution in [3.05, 3.63) is 11.7 Å². The highest BCUT2D eigenvalue weighted by Gasteiger charge is 2.16. The minimum absolute atomic E-state index is 0.111. The number of carbonyl (C=O) groups excluding carboxylic acids is 1. The van der Waals surface area contributed by atoms with E-state index in [1.54, 1.807) is 14.0 Å². The fourth-order valence-corrected chi connectivity index (χ4v) is 1.40. The second kappa shape index (κ2) is 6.37. The summed E-state index contributed by atoms with van der Waals surface area (Å²) >= 11 is 0. The molecule has 0 N–H and O–H groups in total. The molecule has 0 saturated carbocycles. The van der Waals surface area contributed by atoms with Gasteiger partial charge >= 0.3 is 0 Å². The summed E-state index contributed by atoms with van der Waals surface area (Å²) in [5.41, 5.74) is 0. The second-order valence-corrected chi connectivity index (χ2v) is 3.76. The summed E-state index contributed by atoms with van der Waals surface area (Å²) < 4.78 is 10.3. The summed E-state index contributed by atoms with van der Waals surface area (Å²) in [4.78, 5) is 15.0. The number of methoxy groups -OCH3 is 1. The van der Waals surface area contributed by atoms with Crippen molar-refractivity contribution in [2.75, 3.05) is 7.11 Å². The van der Waals surface area contributed by atoms with Gasteiger partial charge in [0.05, 0.1) is 0 Å². The number of hydrogen-bond donors (Lipinski definition) is 0. The molecule has 0 radical (unpaired) electrons. The maximum absolute atomic E-state index is 10.8. The van der Waals surface area contributed by atoms with Gasteiger partial charge in [-0.3, -0.25) is 0 Å². The zero-order chi connectivity index (χ0) is 12.0. The molecular weight excluding hydrogens is 208 g/mol. The smallest absolute Gasteiger partial charge is 0.227 e. The Morgan fingerprint density at radius 2 is 2.31 bits per heavy atom. The first kappa shape index (κ1) is 12.8. The molecule has 0 spiro atoms. The van der Waals surface area contributed by atoms with E-state index in [0.29, 0.717) is 24.6 Å². The van der Waals surface area contributed by atoms with E-state index in [4.69, 9.17) is 9.26 Å². The van der Waals surface area contributed by atoms with Crippen LogP contribution in [0.2, 0.25) is 0 Å². The number of rotatable bonds is 7. The van der Waals surface area contributed by atoms with Gasteiger partial charge in [0.1, 0.15) is 11.9 Å². The molecule has 0 saturated heterocycles. The summed E-state index contributed by atoms with van der Waals surface area (Å²) in [5, 5.41) is 3.86. The number of carbonyl (C=O) groups is 1. The van der Waals surface area contributed by atoms with E-state index in [0.717, 1.165) is 12.8 Å². The summed E-state index contributed by atoms with van der Waals surface area (Å²) in [6.45, 7) is 3.62. The average molecular weight is 226 g/mol. The van der Waals surface area contributed by atoms with Crippen LogP contribution in [0.1, 0.15) is 50.9 Å². The highest BCUT2D eigenvalue weighted by atomic mass is 16.5. The quantitative estimate of drug-likeness (QED) is 0.712. The molecule has 0 aliphatic heterocycles. The van der Waals surface area contributed by atoms with E-state index >= 15 is 0 Å². The minimum atomic E-state index is -0.111. The Bertz CT molecular complexity index is 336. The van der Waals surface area contributed by atoms with Gasteiger partial charge in [-0.25, -0.2) is 0 Å². The molecule has 1 heterocycles. The number of aromatic nitrogens is 2. The van der Waals surface area contributed by atoms with Crippen LogP contribution in [0.4, 0.5) is 0 Å². The molecule has 16 heavy (non-hydrogen) atoms. The molecule has 0 amide bonds. The van der Waals surface area contributed by atoms with E-state index in [2.05, 4.69) is 17.1 Å². The third-order valence-corrected chi connectivity index (χ3v) is 2.30. The van der Waals surface area contributed by atoms with Crippen LogP contribution in [0.3, 0.4) is 0 Å². The van der Waals surface area contributed by atoms with Gasteiger partial charge < -0.3 is 14.1 Å². The lowest BCUT2D eigenvalue weighted by molar-refractivity contribution is -0.117. The predicted molar refractivity (Wildman–Crippen MR) is 58.0 cm³/mol. The Hall–Kier alpha value is -1.23. The third kappa shape index (κ3) is 3.73. The minimum Gasteiger partial charge on any atom is -0.373 e. The summed E-state index contributed by atoms with van der Waals surface area (Å²) in [6.07, 6.45) is 2.69. The maximum Gasteiger partial charge on any atom is 0.227 e. The first-order chi connectivity index (χ1) is 7.67. The molecule has 0 fully saturated rings. The number of Topliss-reactive ketones (excluding diaryl/α,β-unsaturated/α-hetero) is 1. The van der Waals surface area contributed by atoms with Crippen LogP contribution in [0.15, 0.2) is 4.52 Å². The van der Waals surface area contributed by atoms with E-state index in [9.17, 15) is 4.79 Å². The molecule has 0 aliphatic rings. The molecule has 1 rings (SSSR count). The van der Waals surface area contributed by atoms with Gasteiger partial charge in [0.25, 0.3) is 0 Å².